The van der Waals surface area contributed by atoms with Crippen molar-refractivity contribution in [2.45, 2.75) is 13.8 Å². The van der Waals surface area contributed by atoms with Gasteiger partial charge in [-0.05, 0) is 26.0 Å². The quantitative estimate of drug-likeness (QED) is 0.545. The highest BCUT2D eigenvalue weighted by molar-refractivity contribution is 6.05. The maximum atomic E-state index is 7.29. The number of aliphatic imine (C=N–C) groups is 1. The maximum absolute atomic E-state index is 7.29. The van der Waals surface area contributed by atoms with Gasteiger partial charge in [-0.25, -0.2) is 0 Å². The van der Waals surface area contributed by atoms with E-state index >= 15 is 0 Å². The van der Waals surface area contributed by atoms with Gasteiger partial charge < -0.3 is 10.6 Å². The van der Waals surface area contributed by atoms with Crippen LogP contribution < -0.4 is 16.0 Å². The summed E-state index contributed by atoms with van der Waals surface area (Å²) in [7, 11) is 0. The summed E-state index contributed by atoms with van der Waals surface area (Å²) in [5.74, 6) is 0.500. The molecule has 0 amide bonds. The van der Waals surface area contributed by atoms with Crippen molar-refractivity contribution in [1.29, 1.82) is 5.41 Å². The van der Waals surface area contributed by atoms with E-state index in [0.717, 1.165) is 12.2 Å². The van der Waals surface area contributed by atoms with Crippen LogP contribution in [0.3, 0.4) is 0 Å². The Kier molecular flexibility index (Phi) is 5.00. The second-order valence-corrected chi connectivity index (χ2v) is 3.42. The van der Waals surface area contributed by atoms with Gasteiger partial charge in [0.2, 0.25) is 5.96 Å². The Balaban J connectivity index is 2.98. The molecule has 0 spiro atoms. The Morgan fingerprint density at radius 2 is 2.00 bits per heavy atom. The molecule has 4 N–H and O–H groups in total. The normalized spacial score (nSPS) is 11.1. The molecule has 0 atom stereocenters. The molecule has 0 bridgehead atoms. The van der Waals surface area contributed by atoms with E-state index in [4.69, 9.17) is 11.1 Å². The van der Waals surface area contributed by atoms with Gasteiger partial charge in [0.05, 0.1) is 0 Å². The lowest BCUT2D eigenvalue weighted by molar-refractivity contribution is 0.981. The zero-order valence-electron chi connectivity index (χ0n) is 10.3. The Labute approximate surface area is 102 Å². The number of guanidine groups is 2. The number of hydrogen-bond donors (Lipinski definition) is 3. The summed E-state index contributed by atoms with van der Waals surface area (Å²) in [5.41, 5.74) is 6.38. The lowest BCUT2D eigenvalue weighted by Crippen LogP contribution is -2.47. The van der Waals surface area contributed by atoms with E-state index in [0.29, 0.717) is 12.5 Å². The summed E-state index contributed by atoms with van der Waals surface area (Å²) in [6.45, 7) is 5.36. The standard InChI is InChI=1S/C12H19N5/c1-3-15-12(16-11(13)14)17(4-2)10-8-6-5-7-9-10/h5-9H,3-4H2,1-2H3,(H4,13,14,15,16). The fraction of sp³-hybridized carbons (Fsp3) is 0.333. The molecule has 0 aromatic heterocycles. The molecule has 0 radical (unpaired) electrons. The van der Waals surface area contributed by atoms with Crippen LogP contribution in [-0.4, -0.2) is 25.0 Å². The highest BCUT2D eigenvalue weighted by Crippen LogP contribution is 2.12. The Bertz CT molecular complexity index is 385. The van der Waals surface area contributed by atoms with Crippen LogP contribution in [0.4, 0.5) is 5.69 Å². The van der Waals surface area contributed by atoms with Crippen molar-refractivity contribution in [3.63, 3.8) is 0 Å². The highest BCUT2D eigenvalue weighted by atomic mass is 15.3. The van der Waals surface area contributed by atoms with Crippen LogP contribution in [0.1, 0.15) is 13.8 Å². The average Bonchev–Trinajstić information content (AvgIpc) is 2.31. The van der Waals surface area contributed by atoms with Crippen LogP contribution in [0.5, 0.6) is 0 Å². The van der Waals surface area contributed by atoms with E-state index < -0.39 is 0 Å². The smallest absolute Gasteiger partial charge is 0.205 e. The molecule has 0 saturated carbocycles. The number of nitrogens with one attached hydrogen (secondary N) is 2. The van der Waals surface area contributed by atoms with Crippen molar-refractivity contribution >= 4 is 17.6 Å². The number of benzene rings is 1. The molecule has 92 valence electrons. The molecule has 0 aliphatic rings. The highest BCUT2D eigenvalue weighted by Gasteiger charge is 2.11. The van der Waals surface area contributed by atoms with Crippen LogP contribution in [0, 0.1) is 5.41 Å². The van der Waals surface area contributed by atoms with Gasteiger partial charge in [0.25, 0.3) is 0 Å². The molecule has 5 nitrogen and oxygen atoms in total. The lowest BCUT2D eigenvalue weighted by atomic mass is 10.3. The Hall–Kier alpha value is -2.04. The fourth-order valence-electron chi connectivity index (χ4n) is 1.53. The van der Waals surface area contributed by atoms with Crippen LogP contribution in [0.25, 0.3) is 0 Å². The van der Waals surface area contributed by atoms with E-state index in [9.17, 15) is 0 Å². The predicted molar refractivity (Wildman–Crippen MR) is 72.5 cm³/mol. The van der Waals surface area contributed by atoms with Gasteiger partial charge in [-0.3, -0.25) is 15.7 Å². The Morgan fingerprint density at radius 3 is 2.47 bits per heavy atom. The molecule has 0 heterocycles. The van der Waals surface area contributed by atoms with Gasteiger partial charge in [0.15, 0.2) is 5.96 Å². The monoisotopic (exact) mass is 233 g/mol. The van der Waals surface area contributed by atoms with Crippen LogP contribution in [-0.2, 0) is 0 Å². The maximum Gasteiger partial charge on any atom is 0.205 e. The van der Waals surface area contributed by atoms with Crippen molar-refractivity contribution in [1.82, 2.24) is 5.32 Å². The van der Waals surface area contributed by atoms with Gasteiger partial charge in [-0.15, -0.1) is 0 Å². The van der Waals surface area contributed by atoms with Gasteiger partial charge in [0.1, 0.15) is 0 Å². The van der Waals surface area contributed by atoms with Gasteiger partial charge >= 0.3 is 0 Å². The minimum Gasteiger partial charge on any atom is -0.370 e. The molecule has 1 aromatic rings. The SMILES string of the molecule is CCN=C(NC(=N)N)N(CC)c1ccccc1. The van der Waals surface area contributed by atoms with E-state index in [1.54, 1.807) is 0 Å². The number of nitrogens with zero attached hydrogens (tertiary/aromatic N) is 2. The molecule has 1 aromatic carbocycles. The molecule has 17 heavy (non-hydrogen) atoms. The number of para-hydroxylation sites is 1. The van der Waals surface area contributed by atoms with Crippen molar-refractivity contribution in [2.75, 3.05) is 18.0 Å². The summed E-state index contributed by atoms with van der Waals surface area (Å²) < 4.78 is 0. The molecular weight excluding hydrogens is 214 g/mol. The first-order chi connectivity index (χ1) is 8.19. The summed E-state index contributed by atoms with van der Waals surface area (Å²) >= 11 is 0. The summed E-state index contributed by atoms with van der Waals surface area (Å²) in [6, 6.07) is 9.89. The van der Waals surface area contributed by atoms with E-state index in [1.165, 1.54) is 0 Å². The van der Waals surface area contributed by atoms with Gasteiger partial charge in [0, 0.05) is 18.8 Å². The molecule has 0 aliphatic carbocycles. The first kappa shape index (κ1) is 13.0. The second-order valence-electron chi connectivity index (χ2n) is 3.42. The molecule has 0 fully saturated rings. The summed E-state index contributed by atoms with van der Waals surface area (Å²) in [4.78, 5) is 6.30. The Morgan fingerprint density at radius 1 is 1.35 bits per heavy atom. The first-order valence-corrected chi connectivity index (χ1v) is 5.67. The molecule has 0 aliphatic heterocycles. The third-order valence-corrected chi connectivity index (χ3v) is 2.19. The summed E-state index contributed by atoms with van der Waals surface area (Å²) in [5, 5.41) is 10.1. The van der Waals surface area contributed by atoms with Gasteiger partial charge in [-0.2, -0.15) is 0 Å². The van der Waals surface area contributed by atoms with Crippen molar-refractivity contribution in [2.24, 2.45) is 10.7 Å². The zero-order chi connectivity index (χ0) is 12.7. The second kappa shape index (κ2) is 6.52. The predicted octanol–water partition coefficient (Wildman–Crippen LogP) is 1.37. The average molecular weight is 233 g/mol. The molecule has 5 heteroatoms. The van der Waals surface area contributed by atoms with Crippen LogP contribution in [0.2, 0.25) is 0 Å². The summed E-state index contributed by atoms with van der Waals surface area (Å²) in [6.07, 6.45) is 0. The number of anilines is 1. The molecule has 0 unspecified atom stereocenters. The van der Waals surface area contributed by atoms with E-state index in [1.807, 2.05) is 49.1 Å². The van der Waals surface area contributed by atoms with E-state index in [2.05, 4.69) is 10.3 Å². The first-order valence-electron chi connectivity index (χ1n) is 5.67. The van der Waals surface area contributed by atoms with Crippen molar-refractivity contribution < 1.29 is 0 Å². The number of hydrogen-bond acceptors (Lipinski definition) is 2. The zero-order valence-corrected chi connectivity index (χ0v) is 10.3. The van der Waals surface area contributed by atoms with Gasteiger partial charge in [-0.1, -0.05) is 18.2 Å². The molecule has 1 rings (SSSR count). The van der Waals surface area contributed by atoms with Crippen LogP contribution in [0.15, 0.2) is 35.3 Å². The van der Waals surface area contributed by atoms with Crippen LogP contribution >= 0.6 is 0 Å². The van der Waals surface area contributed by atoms with E-state index in [-0.39, 0.29) is 5.96 Å². The minimum atomic E-state index is -0.105. The minimum absolute atomic E-state index is 0.105. The van der Waals surface area contributed by atoms with Crippen molar-refractivity contribution in [3.05, 3.63) is 30.3 Å². The largest absolute Gasteiger partial charge is 0.370 e. The number of nitrogens with two attached hydrogens (primary N) is 1. The number of rotatable bonds is 3. The topological polar surface area (TPSA) is 77.5 Å². The third kappa shape index (κ3) is 3.79. The molecular formula is C12H19N5. The molecule has 0 saturated heterocycles. The van der Waals surface area contributed by atoms with Crippen molar-refractivity contribution in [3.8, 4) is 0 Å². The third-order valence-electron chi connectivity index (χ3n) is 2.19. The lowest BCUT2D eigenvalue weighted by Gasteiger charge is -2.24. The fourth-order valence-corrected chi connectivity index (χ4v) is 1.53.